The quantitative estimate of drug-likeness (QED) is 0.371. The number of hydrogen-bond acceptors (Lipinski definition) is 3. The molecule has 0 fully saturated rings. The zero-order valence-electron chi connectivity index (χ0n) is 18.3. The molecule has 28 heavy (non-hydrogen) atoms. The molecule has 0 bridgehead atoms. The van der Waals surface area contributed by atoms with Gasteiger partial charge in [0.25, 0.3) is 0 Å². The van der Waals surface area contributed by atoms with Crippen LogP contribution in [0, 0.1) is 20.8 Å². The number of aryl methyl sites for hydroxylation is 3. The molecule has 0 saturated carbocycles. The third kappa shape index (κ3) is 6.68. The Kier molecular flexibility index (Phi) is 8.78. The van der Waals surface area contributed by atoms with E-state index in [9.17, 15) is 0 Å². The van der Waals surface area contributed by atoms with Crippen molar-refractivity contribution in [1.29, 1.82) is 0 Å². The van der Waals surface area contributed by atoms with Crippen molar-refractivity contribution >= 4 is 29.9 Å². The summed E-state index contributed by atoms with van der Waals surface area (Å²) < 4.78 is 8.04. The number of aliphatic imine (C=N–C) groups is 1. The van der Waals surface area contributed by atoms with Crippen LogP contribution in [0.2, 0.25) is 0 Å². The molecule has 1 heterocycles. The lowest BCUT2D eigenvalue weighted by Gasteiger charge is -2.24. The lowest BCUT2D eigenvalue weighted by Crippen LogP contribution is -2.36. The Bertz CT molecular complexity index is 821. The molecule has 0 aliphatic heterocycles. The van der Waals surface area contributed by atoms with Crippen molar-refractivity contribution in [3.63, 3.8) is 0 Å². The number of nitrogens with zero attached hydrogens (tertiary/aromatic N) is 3. The van der Waals surface area contributed by atoms with E-state index in [1.54, 1.807) is 7.05 Å². The van der Waals surface area contributed by atoms with Crippen LogP contribution in [0.25, 0.3) is 0 Å². The molecular weight excluding hydrogens is 465 g/mol. The largest absolute Gasteiger partial charge is 0.488 e. The van der Waals surface area contributed by atoms with Crippen molar-refractivity contribution in [2.75, 3.05) is 7.05 Å². The minimum atomic E-state index is -0.238. The molecule has 0 spiro atoms. The van der Waals surface area contributed by atoms with Gasteiger partial charge in [0.1, 0.15) is 11.4 Å². The van der Waals surface area contributed by atoms with Crippen molar-refractivity contribution in [1.82, 2.24) is 20.4 Å². The van der Waals surface area contributed by atoms with Gasteiger partial charge in [0.05, 0.1) is 5.69 Å². The highest BCUT2D eigenvalue weighted by molar-refractivity contribution is 14.0. The molecule has 0 radical (unpaired) electrons. The van der Waals surface area contributed by atoms with Crippen LogP contribution in [0.1, 0.15) is 48.8 Å². The topological polar surface area (TPSA) is 63.5 Å². The molecule has 156 valence electrons. The normalized spacial score (nSPS) is 11.8. The number of guanidine groups is 1. The van der Waals surface area contributed by atoms with E-state index in [0.717, 1.165) is 28.7 Å². The van der Waals surface area contributed by atoms with Gasteiger partial charge >= 0.3 is 0 Å². The fourth-order valence-electron chi connectivity index (χ4n) is 2.88. The van der Waals surface area contributed by atoms with Crippen molar-refractivity contribution in [2.24, 2.45) is 12.0 Å². The zero-order valence-corrected chi connectivity index (χ0v) is 20.6. The monoisotopic (exact) mass is 499 g/mol. The number of halogens is 1. The van der Waals surface area contributed by atoms with Crippen LogP contribution in [0.4, 0.5) is 0 Å². The zero-order chi connectivity index (χ0) is 20.2. The first-order valence-corrected chi connectivity index (χ1v) is 9.33. The lowest BCUT2D eigenvalue weighted by atomic mass is 10.1. The van der Waals surface area contributed by atoms with Crippen LogP contribution in [0.3, 0.4) is 0 Å². The number of ether oxygens (including phenoxy) is 1. The molecular formula is C21H34IN5O. The summed E-state index contributed by atoms with van der Waals surface area (Å²) in [6.07, 6.45) is 0. The maximum absolute atomic E-state index is 6.13. The number of aromatic nitrogens is 2. The predicted octanol–water partition coefficient (Wildman–Crippen LogP) is 4.01. The van der Waals surface area contributed by atoms with E-state index in [1.165, 1.54) is 11.1 Å². The van der Waals surface area contributed by atoms with Crippen LogP contribution in [0.5, 0.6) is 5.75 Å². The Morgan fingerprint density at radius 1 is 1.14 bits per heavy atom. The van der Waals surface area contributed by atoms with E-state index >= 15 is 0 Å². The SMILES string of the molecule is CN=C(NCc1ccc(C)cc1OC(C)(C)C)NCc1c(C)nn(C)c1C.I. The maximum atomic E-state index is 6.13. The summed E-state index contributed by atoms with van der Waals surface area (Å²) in [7, 11) is 3.74. The van der Waals surface area contributed by atoms with E-state index < -0.39 is 0 Å². The van der Waals surface area contributed by atoms with Gasteiger partial charge in [-0.25, -0.2) is 0 Å². The molecule has 6 nitrogen and oxygen atoms in total. The Morgan fingerprint density at radius 2 is 1.79 bits per heavy atom. The number of rotatable bonds is 5. The minimum absolute atomic E-state index is 0. The molecule has 2 rings (SSSR count). The average molecular weight is 499 g/mol. The highest BCUT2D eigenvalue weighted by atomic mass is 127. The standard InChI is InChI=1S/C21H33N5O.HI/c1-14-9-10-17(19(11-14)27-21(4,5)6)12-23-20(22-7)24-13-18-15(2)25-26(8)16(18)3;/h9-11H,12-13H2,1-8H3,(H2,22,23,24);1H. The van der Waals surface area contributed by atoms with Crippen molar-refractivity contribution in [3.05, 3.63) is 46.3 Å². The van der Waals surface area contributed by atoms with E-state index in [4.69, 9.17) is 4.74 Å². The van der Waals surface area contributed by atoms with Gasteiger partial charge in [0.2, 0.25) is 0 Å². The first-order valence-electron chi connectivity index (χ1n) is 9.33. The third-order valence-corrected chi connectivity index (χ3v) is 4.40. The fourth-order valence-corrected chi connectivity index (χ4v) is 2.88. The average Bonchev–Trinajstić information content (AvgIpc) is 2.80. The van der Waals surface area contributed by atoms with Crippen molar-refractivity contribution in [3.8, 4) is 5.75 Å². The summed E-state index contributed by atoms with van der Waals surface area (Å²) >= 11 is 0. The summed E-state index contributed by atoms with van der Waals surface area (Å²) in [5, 5.41) is 11.2. The summed E-state index contributed by atoms with van der Waals surface area (Å²) in [5.41, 5.74) is 5.45. The summed E-state index contributed by atoms with van der Waals surface area (Å²) in [6, 6.07) is 6.29. The molecule has 2 N–H and O–H groups in total. The van der Waals surface area contributed by atoms with Crippen LogP contribution < -0.4 is 15.4 Å². The van der Waals surface area contributed by atoms with Gasteiger partial charge in [-0.15, -0.1) is 24.0 Å². The van der Waals surface area contributed by atoms with Gasteiger partial charge in [0, 0.05) is 44.0 Å². The lowest BCUT2D eigenvalue weighted by molar-refractivity contribution is 0.129. The highest BCUT2D eigenvalue weighted by Crippen LogP contribution is 2.24. The smallest absolute Gasteiger partial charge is 0.191 e. The van der Waals surface area contributed by atoms with Crippen LogP contribution in [-0.4, -0.2) is 28.4 Å². The third-order valence-electron chi connectivity index (χ3n) is 4.40. The highest BCUT2D eigenvalue weighted by Gasteiger charge is 2.15. The van der Waals surface area contributed by atoms with Crippen LogP contribution in [-0.2, 0) is 20.1 Å². The van der Waals surface area contributed by atoms with E-state index in [-0.39, 0.29) is 29.6 Å². The van der Waals surface area contributed by atoms with Crippen LogP contribution >= 0.6 is 24.0 Å². The second kappa shape index (κ2) is 10.1. The molecule has 2 aromatic rings. The molecule has 1 aromatic heterocycles. The van der Waals surface area contributed by atoms with Crippen LogP contribution in [0.15, 0.2) is 23.2 Å². The van der Waals surface area contributed by atoms with Gasteiger partial charge in [-0.3, -0.25) is 9.67 Å². The van der Waals surface area contributed by atoms with E-state index in [1.807, 2.05) is 18.7 Å². The second-order valence-corrected chi connectivity index (χ2v) is 7.88. The number of benzene rings is 1. The summed E-state index contributed by atoms with van der Waals surface area (Å²) in [4.78, 5) is 4.33. The molecule has 0 atom stereocenters. The Morgan fingerprint density at radius 3 is 2.32 bits per heavy atom. The molecule has 7 heteroatoms. The Hall–Kier alpha value is -1.77. The molecule has 0 aliphatic carbocycles. The number of hydrogen-bond donors (Lipinski definition) is 2. The first kappa shape index (κ1) is 24.3. The van der Waals surface area contributed by atoms with E-state index in [0.29, 0.717) is 13.1 Å². The summed E-state index contributed by atoms with van der Waals surface area (Å²) in [6.45, 7) is 13.7. The van der Waals surface area contributed by atoms with Gasteiger partial charge < -0.3 is 15.4 Å². The van der Waals surface area contributed by atoms with Crippen molar-refractivity contribution < 1.29 is 4.74 Å². The predicted molar refractivity (Wildman–Crippen MR) is 127 cm³/mol. The number of nitrogens with one attached hydrogen (secondary N) is 2. The van der Waals surface area contributed by atoms with Gasteiger partial charge in [-0.1, -0.05) is 12.1 Å². The molecule has 0 aliphatic rings. The van der Waals surface area contributed by atoms with Gasteiger partial charge in [-0.2, -0.15) is 5.10 Å². The maximum Gasteiger partial charge on any atom is 0.191 e. The molecule has 1 aromatic carbocycles. The van der Waals surface area contributed by atoms with Gasteiger partial charge in [0.15, 0.2) is 5.96 Å². The molecule has 0 saturated heterocycles. The first-order chi connectivity index (χ1) is 12.6. The summed E-state index contributed by atoms with van der Waals surface area (Å²) in [5.74, 6) is 1.66. The minimum Gasteiger partial charge on any atom is -0.488 e. The molecule has 0 unspecified atom stereocenters. The van der Waals surface area contributed by atoms with E-state index in [2.05, 4.69) is 73.5 Å². The Balaban J connectivity index is 0.00000392. The molecule has 0 amide bonds. The fraction of sp³-hybridized carbons (Fsp3) is 0.524. The van der Waals surface area contributed by atoms with Gasteiger partial charge in [-0.05, 0) is 53.2 Å². The second-order valence-electron chi connectivity index (χ2n) is 7.88. The van der Waals surface area contributed by atoms with Crippen molar-refractivity contribution in [2.45, 2.75) is 60.2 Å². The Labute approximate surface area is 186 Å².